The molecule has 0 aliphatic heterocycles. The molecule has 0 unspecified atom stereocenters. The Kier molecular flexibility index (Phi) is 6.10. The summed E-state index contributed by atoms with van der Waals surface area (Å²) >= 11 is 0. The van der Waals surface area contributed by atoms with Crippen molar-refractivity contribution in [2.75, 3.05) is 10.6 Å². The van der Waals surface area contributed by atoms with Crippen molar-refractivity contribution in [2.45, 2.75) is 32.1 Å². The summed E-state index contributed by atoms with van der Waals surface area (Å²) in [4.78, 5) is 11.9. The van der Waals surface area contributed by atoms with E-state index in [0.29, 0.717) is 5.92 Å². The van der Waals surface area contributed by atoms with Gasteiger partial charge >= 0.3 is 6.03 Å². The van der Waals surface area contributed by atoms with Crippen molar-refractivity contribution < 1.29 is 4.79 Å². The highest BCUT2D eigenvalue weighted by molar-refractivity contribution is 5.90. The molecule has 1 aliphatic carbocycles. The van der Waals surface area contributed by atoms with Crippen LogP contribution in [0.3, 0.4) is 0 Å². The molecule has 3 N–H and O–H groups in total. The molecule has 0 spiro atoms. The lowest BCUT2D eigenvalue weighted by atomic mass is 9.89. The first-order valence-electron chi connectivity index (χ1n) is 8.96. The maximum atomic E-state index is 11.9. The molecular formula is C21H25N3O. The van der Waals surface area contributed by atoms with Crippen LogP contribution in [-0.4, -0.2) is 6.03 Å². The normalized spacial score (nSPS) is 15.0. The Labute approximate surface area is 149 Å². The highest BCUT2D eigenvalue weighted by atomic mass is 16.2. The molecule has 4 nitrogen and oxygen atoms in total. The Bertz CT molecular complexity index is 689. The first-order chi connectivity index (χ1) is 12.3. The van der Waals surface area contributed by atoms with Crippen molar-refractivity contribution in [2.24, 2.45) is 5.92 Å². The standard InChI is InChI=1S/C21H25N3O/c25-21(22-16-15-17-7-3-1-4-8-17)24-20-13-11-19(12-14-20)23-18-9-5-2-6-10-18/h2,5-6,9-17,23H,1,3-4,7-8H2,(H2,22,24,25)/b16-15+. The predicted octanol–water partition coefficient (Wildman–Crippen LogP) is 5.65. The van der Waals surface area contributed by atoms with Gasteiger partial charge in [0.25, 0.3) is 0 Å². The largest absolute Gasteiger partial charge is 0.356 e. The van der Waals surface area contributed by atoms with Gasteiger partial charge in [-0.05, 0) is 55.2 Å². The van der Waals surface area contributed by atoms with Gasteiger partial charge in [-0.2, -0.15) is 0 Å². The number of rotatable bonds is 5. The fraction of sp³-hybridized carbons (Fsp3) is 0.286. The molecule has 0 atom stereocenters. The molecule has 2 aromatic carbocycles. The van der Waals surface area contributed by atoms with Gasteiger partial charge < -0.3 is 16.0 Å². The zero-order valence-corrected chi connectivity index (χ0v) is 14.4. The van der Waals surface area contributed by atoms with Gasteiger partial charge in [-0.3, -0.25) is 0 Å². The number of anilines is 3. The van der Waals surface area contributed by atoms with E-state index < -0.39 is 0 Å². The van der Waals surface area contributed by atoms with Gasteiger partial charge in [0.05, 0.1) is 0 Å². The van der Waals surface area contributed by atoms with Crippen molar-refractivity contribution in [3.8, 4) is 0 Å². The molecule has 1 fully saturated rings. The third-order valence-corrected chi connectivity index (χ3v) is 4.44. The fourth-order valence-electron chi connectivity index (χ4n) is 3.08. The third-order valence-electron chi connectivity index (χ3n) is 4.44. The Morgan fingerprint density at radius 1 is 0.840 bits per heavy atom. The third kappa shape index (κ3) is 5.68. The van der Waals surface area contributed by atoms with Crippen molar-refractivity contribution in [3.63, 3.8) is 0 Å². The molecule has 4 heteroatoms. The van der Waals surface area contributed by atoms with E-state index in [2.05, 4.69) is 22.0 Å². The van der Waals surface area contributed by atoms with E-state index in [9.17, 15) is 4.79 Å². The van der Waals surface area contributed by atoms with Crippen molar-refractivity contribution in [1.82, 2.24) is 5.32 Å². The first kappa shape index (κ1) is 17.1. The Hall–Kier alpha value is -2.75. The summed E-state index contributed by atoms with van der Waals surface area (Å²) in [6.45, 7) is 0. The number of nitrogens with one attached hydrogen (secondary N) is 3. The van der Waals surface area contributed by atoms with E-state index in [-0.39, 0.29) is 6.03 Å². The van der Waals surface area contributed by atoms with Gasteiger partial charge in [0.2, 0.25) is 0 Å². The van der Waals surface area contributed by atoms with Gasteiger partial charge in [-0.15, -0.1) is 0 Å². The predicted molar refractivity (Wildman–Crippen MR) is 104 cm³/mol. The maximum absolute atomic E-state index is 11.9. The number of carbonyl (C=O) groups is 1. The zero-order valence-electron chi connectivity index (χ0n) is 14.4. The van der Waals surface area contributed by atoms with Crippen LogP contribution >= 0.6 is 0 Å². The van der Waals surface area contributed by atoms with E-state index >= 15 is 0 Å². The lowest BCUT2D eigenvalue weighted by Gasteiger charge is -2.17. The molecule has 2 aromatic rings. The maximum Gasteiger partial charge on any atom is 0.323 e. The van der Waals surface area contributed by atoms with E-state index in [1.807, 2.05) is 54.6 Å². The summed E-state index contributed by atoms with van der Waals surface area (Å²) in [6, 6.07) is 17.4. The van der Waals surface area contributed by atoms with Crippen LogP contribution in [0.1, 0.15) is 32.1 Å². The van der Waals surface area contributed by atoms with Crippen LogP contribution in [0.5, 0.6) is 0 Å². The lowest BCUT2D eigenvalue weighted by molar-refractivity contribution is 0.255. The highest BCUT2D eigenvalue weighted by Crippen LogP contribution is 2.24. The Morgan fingerprint density at radius 3 is 2.20 bits per heavy atom. The summed E-state index contributed by atoms with van der Waals surface area (Å²) in [5, 5.41) is 8.94. The second-order valence-corrected chi connectivity index (χ2v) is 6.42. The number of urea groups is 1. The number of carbonyl (C=O) groups excluding carboxylic acids is 1. The second-order valence-electron chi connectivity index (χ2n) is 6.42. The smallest absolute Gasteiger partial charge is 0.323 e. The quantitative estimate of drug-likeness (QED) is 0.661. The Morgan fingerprint density at radius 2 is 1.48 bits per heavy atom. The zero-order chi connectivity index (χ0) is 17.3. The molecule has 0 bridgehead atoms. The molecule has 0 saturated heterocycles. The minimum atomic E-state index is -0.212. The van der Waals surface area contributed by atoms with Crippen LogP contribution in [-0.2, 0) is 0 Å². The summed E-state index contributed by atoms with van der Waals surface area (Å²) in [5.41, 5.74) is 2.78. The molecule has 0 heterocycles. The summed E-state index contributed by atoms with van der Waals surface area (Å²) in [5.74, 6) is 0.609. The first-order valence-corrected chi connectivity index (χ1v) is 8.96. The Balaban J connectivity index is 1.45. The van der Waals surface area contributed by atoms with Gasteiger partial charge in [0.15, 0.2) is 0 Å². The molecule has 1 aliphatic rings. The van der Waals surface area contributed by atoms with E-state index in [1.165, 1.54) is 32.1 Å². The number of hydrogen-bond donors (Lipinski definition) is 3. The van der Waals surface area contributed by atoms with E-state index in [4.69, 9.17) is 0 Å². The van der Waals surface area contributed by atoms with Gasteiger partial charge in [-0.1, -0.05) is 43.5 Å². The highest BCUT2D eigenvalue weighted by Gasteiger charge is 2.09. The van der Waals surface area contributed by atoms with Crippen LogP contribution in [0.2, 0.25) is 0 Å². The molecule has 3 rings (SSSR count). The van der Waals surface area contributed by atoms with E-state index in [0.717, 1.165) is 17.1 Å². The number of benzene rings is 2. The molecule has 0 aromatic heterocycles. The fourth-order valence-corrected chi connectivity index (χ4v) is 3.08. The van der Waals surface area contributed by atoms with Gasteiger partial charge in [0.1, 0.15) is 0 Å². The molecule has 25 heavy (non-hydrogen) atoms. The average Bonchev–Trinajstić information content (AvgIpc) is 2.65. The number of hydrogen-bond acceptors (Lipinski definition) is 2. The topological polar surface area (TPSA) is 53.2 Å². The van der Waals surface area contributed by atoms with Gasteiger partial charge in [-0.25, -0.2) is 4.79 Å². The minimum Gasteiger partial charge on any atom is -0.356 e. The molecule has 1 saturated carbocycles. The number of allylic oxidation sites excluding steroid dienone is 1. The molecule has 130 valence electrons. The molecule has 2 amide bonds. The number of amides is 2. The summed E-state index contributed by atoms with van der Waals surface area (Å²) < 4.78 is 0. The van der Waals surface area contributed by atoms with Crippen LogP contribution in [0.25, 0.3) is 0 Å². The minimum absolute atomic E-state index is 0.212. The molecule has 0 radical (unpaired) electrons. The summed E-state index contributed by atoms with van der Waals surface area (Å²) in [7, 11) is 0. The van der Waals surface area contributed by atoms with Crippen molar-refractivity contribution in [1.29, 1.82) is 0 Å². The summed E-state index contributed by atoms with van der Waals surface area (Å²) in [6.07, 6.45) is 10.3. The SMILES string of the molecule is O=C(N/C=C/C1CCCCC1)Nc1ccc(Nc2ccccc2)cc1. The van der Waals surface area contributed by atoms with Crippen LogP contribution in [0, 0.1) is 5.92 Å². The van der Waals surface area contributed by atoms with Crippen molar-refractivity contribution >= 4 is 23.1 Å². The molecular weight excluding hydrogens is 310 g/mol. The average molecular weight is 335 g/mol. The van der Waals surface area contributed by atoms with Crippen LogP contribution < -0.4 is 16.0 Å². The number of para-hydroxylation sites is 1. The van der Waals surface area contributed by atoms with Crippen LogP contribution in [0.4, 0.5) is 21.9 Å². The van der Waals surface area contributed by atoms with Crippen molar-refractivity contribution in [3.05, 3.63) is 66.9 Å². The second kappa shape index (κ2) is 8.92. The monoisotopic (exact) mass is 335 g/mol. The van der Waals surface area contributed by atoms with E-state index in [1.54, 1.807) is 6.20 Å². The van der Waals surface area contributed by atoms with Gasteiger partial charge in [0, 0.05) is 23.3 Å². The lowest BCUT2D eigenvalue weighted by Crippen LogP contribution is -2.24. The van der Waals surface area contributed by atoms with Crippen LogP contribution in [0.15, 0.2) is 66.9 Å².